The highest BCUT2D eigenvalue weighted by Gasteiger charge is 2.14. The molecule has 1 N–H and O–H groups in total. The molecular formula is C20H26O2. The average Bonchev–Trinajstić information content (AvgIpc) is 2.52. The van der Waals surface area contributed by atoms with E-state index in [-0.39, 0.29) is 5.41 Å². The Balaban J connectivity index is 1.95. The SMILES string of the molecule is COc1ccc(CCC(O)c2ccc(C(C)(C)C)cc2)cc1. The van der Waals surface area contributed by atoms with E-state index in [0.29, 0.717) is 0 Å². The van der Waals surface area contributed by atoms with Gasteiger partial charge in [0, 0.05) is 0 Å². The lowest BCUT2D eigenvalue weighted by Crippen LogP contribution is -2.11. The first-order valence-corrected chi connectivity index (χ1v) is 7.81. The zero-order valence-corrected chi connectivity index (χ0v) is 14.0. The highest BCUT2D eigenvalue weighted by Crippen LogP contribution is 2.25. The first-order valence-electron chi connectivity index (χ1n) is 7.81. The van der Waals surface area contributed by atoms with Crippen molar-refractivity contribution in [1.29, 1.82) is 0 Å². The van der Waals surface area contributed by atoms with Crippen molar-refractivity contribution < 1.29 is 9.84 Å². The molecule has 2 heteroatoms. The van der Waals surface area contributed by atoms with Crippen LogP contribution in [0.1, 0.15) is 50.0 Å². The third-order valence-corrected chi connectivity index (χ3v) is 4.03. The highest BCUT2D eigenvalue weighted by molar-refractivity contribution is 5.30. The molecule has 0 saturated carbocycles. The van der Waals surface area contributed by atoms with E-state index in [1.807, 2.05) is 36.4 Å². The third kappa shape index (κ3) is 4.35. The second-order valence-corrected chi connectivity index (χ2v) is 6.77. The summed E-state index contributed by atoms with van der Waals surface area (Å²) in [6.07, 6.45) is 1.16. The maximum absolute atomic E-state index is 10.4. The predicted octanol–water partition coefficient (Wildman–Crippen LogP) is 4.66. The second kappa shape index (κ2) is 6.97. The lowest BCUT2D eigenvalue weighted by atomic mass is 9.86. The molecule has 2 nitrogen and oxygen atoms in total. The van der Waals surface area contributed by atoms with Crippen LogP contribution in [0.25, 0.3) is 0 Å². The molecule has 0 fully saturated rings. The van der Waals surface area contributed by atoms with Gasteiger partial charge in [-0.15, -0.1) is 0 Å². The zero-order valence-electron chi connectivity index (χ0n) is 14.0. The number of methoxy groups -OCH3 is 1. The largest absolute Gasteiger partial charge is 0.497 e. The van der Waals surface area contributed by atoms with Crippen LogP contribution < -0.4 is 4.74 Å². The number of rotatable bonds is 5. The number of ether oxygens (including phenoxy) is 1. The molecule has 2 rings (SSSR count). The molecule has 0 radical (unpaired) electrons. The summed E-state index contributed by atoms with van der Waals surface area (Å²) in [7, 11) is 1.67. The number of hydrogen-bond acceptors (Lipinski definition) is 2. The maximum atomic E-state index is 10.4. The van der Waals surface area contributed by atoms with Crippen LogP contribution in [-0.2, 0) is 11.8 Å². The Hall–Kier alpha value is -1.80. The summed E-state index contributed by atoms with van der Waals surface area (Å²) < 4.78 is 5.15. The van der Waals surface area contributed by atoms with Gasteiger partial charge in [0.05, 0.1) is 13.2 Å². The molecule has 0 aliphatic heterocycles. The van der Waals surface area contributed by atoms with Crippen molar-refractivity contribution >= 4 is 0 Å². The second-order valence-electron chi connectivity index (χ2n) is 6.77. The Morgan fingerprint density at radius 2 is 1.55 bits per heavy atom. The minimum atomic E-state index is -0.420. The van der Waals surface area contributed by atoms with E-state index >= 15 is 0 Å². The molecule has 2 aromatic carbocycles. The van der Waals surface area contributed by atoms with E-state index in [4.69, 9.17) is 4.74 Å². The molecule has 0 heterocycles. The summed E-state index contributed by atoms with van der Waals surface area (Å²) in [6, 6.07) is 16.3. The van der Waals surface area contributed by atoms with E-state index in [1.165, 1.54) is 11.1 Å². The predicted molar refractivity (Wildman–Crippen MR) is 91.4 cm³/mol. The van der Waals surface area contributed by atoms with Gasteiger partial charge in [-0.05, 0) is 47.1 Å². The molecule has 0 aliphatic rings. The van der Waals surface area contributed by atoms with Crippen molar-refractivity contribution in [1.82, 2.24) is 0 Å². The fourth-order valence-corrected chi connectivity index (χ4v) is 2.47. The van der Waals surface area contributed by atoms with Crippen molar-refractivity contribution in [2.24, 2.45) is 0 Å². The first kappa shape index (κ1) is 16.6. The normalized spacial score (nSPS) is 13.0. The number of aliphatic hydroxyl groups is 1. The van der Waals surface area contributed by atoms with Gasteiger partial charge in [-0.25, -0.2) is 0 Å². The summed E-state index contributed by atoms with van der Waals surface area (Å²) in [5.41, 5.74) is 3.64. The molecule has 22 heavy (non-hydrogen) atoms. The third-order valence-electron chi connectivity index (χ3n) is 4.03. The van der Waals surface area contributed by atoms with Gasteiger partial charge in [0.1, 0.15) is 5.75 Å². The average molecular weight is 298 g/mol. The smallest absolute Gasteiger partial charge is 0.118 e. The molecule has 0 saturated heterocycles. The molecule has 0 bridgehead atoms. The maximum Gasteiger partial charge on any atom is 0.118 e. The van der Waals surface area contributed by atoms with Crippen LogP contribution in [0.2, 0.25) is 0 Å². The van der Waals surface area contributed by atoms with Crippen LogP contribution >= 0.6 is 0 Å². The molecule has 0 aliphatic carbocycles. The Morgan fingerprint density at radius 1 is 0.955 bits per heavy atom. The van der Waals surface area contributed by atoms with Gasteiger partial charge >= 0.3 is 0 Å². The summed E-state index contributed by atoms with van der Waals surface area (Å²) in [6.45, 7) is 6.59. The zero-order chi connectivity index (χ0) is 16.2. The van der Waals surface area contributed by atoms with Crippen molar-refractivity contribution in [3.05, 3.63) is 65.2 Å². The van der Waals surface area contributed by atoms with Crippen LogP contribution in [0.3, 0.4) is 0 Å². The molecule has 0 amide bonds. The monoisotopic (exact) mass is 298 g/mol. The lowest BCUT2D eigenvalue weighted by Gasteiger charge is -2.20. The summed E-state index contributed by atoms with van der Waals surface area (Å²) in [5.74, 6) is 0.863. The van der Waals surface area contributed by atoms with Gasteiger partial charge in [0.25, 0.3) is 0 Å². The molecule has 1 unspecified atom stereocenters. The van der Waals surface area contributed by atoms with Gasteiger partial charge in [-0.3, -0.25) is 0 Å². The quantitative estimate of drug-likeness (QED) is 0.870. The van der Waals surface area contributed by atoms with Gasteiger partial charge in [0.15, 0.2) is 0 Å². The van der Waals surface area contributed by atoms with Crippen LogP contribution in [0, 0.1) is 0 Å². The fraction of sp³-hybridized carbons (Fsp3) is 0.400. The summed E-state index contributed by atoms with van der Waals surface area (Å²) in [5, 5.41) is 10.4. The van der Waals surface area contributed by atoms with Crippen LogP contribution in [0.5, 0.6) is 5.75 Å². The number of benzene rings is 2. The molecule has 0 aromatic heterocycles. The van der Waals surface area contributed by atoms with E-state index in [9.17, 15) is 5.11 Å². The standard InChI is InChI=1S/C20H26O2/c1-20(2,3)17-10-8-16(9-11-17)19(21)14-7-15-5-12-18(22-4)13-6-15/h5-6,8-13,19,21H,7,14H2,1-4H3. The minimum Gasteiger partial charge on any atom is -0.497 e. The van der Waals surface area contributed by atoms with E-state index in [2.05, 4.69) is 32.9 Å². The number of aryl methyl sites for hydroxylation is 1. The lowest BCUT2D eigenvalue weighted by molar-refractivity contribution is 0.168. The Bertz CT molecular complexity index is 577. The molecule has 118 valence electrons. The Morgan fingerprint density at radius 3 is 2.05 bits per heavy atom. The van der Waals surface area contributed by atoms with Crippen LogP contribution in [-0.4, -0.2) is 12.2 Å². The molecule has 1 atom stereocenters. The summed E-state index contributed by atoms with van der Waals surface area (Å²) in [4.78, 5) is 0. The van der Waals surface area contributed by atoms with Crippen LogP contribution in [0.15, 0.2) is 48.5 Å². The van der Waals surface area contributed by atoms with Crippen molar-refractivity contribution in [2.75, 3.05) is 7.11 Å². The van der Waals surface area contributed by atoms with Gasteiger partial charge in [0.2, 0.25) is 0 Å². The Labute approximate surface area is 133 Å². The van der Waals surface area contributed by atoms with E-state index in [0.717, 1.165) is 24.2 Å². The number of hydrogen-bond donors (Lipinski definition) is 1. The summed E-state index contributed by atoms with van der Waals surface area (Å²) >= 11 is 0. The van der Waals surface area contributed by atoms with Crippen molar-refractivity contribution in [2.45, 2.75) is 45.1 Å². The topological polar surface area (TPSA) is 29.5 Å². The van der Waals surface area contributed by atoms with E-state index < -0.39 is 6.10 Å². The fourth-order valence-electron chi connectivity index (χ4n) is 2.47. The first-order chi connectivity index (χ1) is 10.4. The molecule has 2 aromatic rings. The van der Waals surface area contributed by atoms with Gasteiger partial charge < -0.3 is 9.84 Å². The molecular weight excluding hydrogens is 272 g/mol. The number of aliphatic hydroxyl groups excluding tert-OH is 1. The highest BCUT2D eigenvalue weighted by atomic mass is 16.5. The van der Waals surface area contributed by atoms with Crippen LogP contribution in [0.4, 0.5) is 0 Å². The van der Waals surface area contributed by atoms with E-state index in [1.54, 1.807) is 7.11 Å². The minimum absolute atomic E-state index is 0.145. The van der Waals surface area contributed by atoms with Gasteiger partial charge in [-0.1, -0.05) is 57.2 Å². The van der Waals surface area contributed by atoms with Crippen molar-refractivity contribution in [3.8, 4) is 5.75 Å². The molecule has 0 spiro atoms. The van der Waals surface area contributed by atoms with Crippen molar-refractivity contribution in [3.63, 3.8) is 0 Å². The Kier molecular flexibility index (Phi) is 5.25. The van der Waals surface area contributed by atoms with Gasteiger partial charge in [-0.2, -0.15) is 0 Å².